The largest absolute Gasteiger partial charge is 0.459 e. The Kier molecular flexibility index (Phi) is 23.4. The molecule has 0 aromatic heterocycles. The van der Waals surface area contributed by atoms with Crippen molar-refractivity contribution in [3.63, 3.8) is 0 Å². The van der Waals surface area contributed by atoms with Gasteiger partial charge in [0.2, 0.25) is 5.91 Å². The molecule has 3 aromatic carbocycles. The van der Waals surface area contributed by atoms with Gasteiger partial charge in [-0.05, 0) is 204 Å². The third-order valence-corrected chi connectivity index (χ3v) is 21.5. The summed E-state index contributed by atoms with van der Waals surface area (Å²) in [6.07, 6.45) is 2.55. The second-order valence-corrected chi connectivity index (χ2v) is 28.5. The van der Waals surface area contributed by atoms with E-state index in [-0.39, 0.29) is 49.8 Å². The van der Waals surface area contributed by atoms with Crippen molar-refractivity contribution in [2.75, 3.05) is 26.8 Å². The lowest BCUT2D eigenvalue weighted by atomic mass is 9.78. The van der Waals surface area contributed by atoms with Crippen LogP contribution in [0.3, 0.4) is 0 Å². The lowest BCUT2D eigenvalue weighted by Crippen LogP contribution is -2.60. The van der Waals surface area contributed by atoms with Crippen LogP contribution < -0.4 is 15.9 Å². The molecule has 2 saturated heterocycles. The minimum absolute atomic E-state index is 0.0924. The van der Waals surface area contributed by atoms with Crippen LogP contribution in [0.2, 0.25) is 0 Å². The van der Waals surface area contributed by atoms with E-state index in [4.69, 9.17) is 14.2 Å². The predicted molar refractivity (Wildman–Crippen MR) is 314 cm³/mol. The number of aryl methyl sites for hydroxylation is 6. The van der Waals surface area contributed by atoms with Gasteiger partial charge in [0.05, 0.1) is 42.0 Å². The molecule has 0 bridgehead atoms. The number of likely N-dealkylation sites (N-methyl/N-ethyl adjacent to an activating group) is 1. The van der Waals surface area contributed by atoms with Crippen molar-refractivity contribution in [2.45, 2.75) is 240 Å². The first-order chi connectivity index (χ1) is 36.0. The highest BCUT2D eigenvalue weighted by molar-refractivity contribution is 7.95. The molecule has 14 atom stereocenters. The molecule has 2 heterocycles. The van der Waals surface area contributed by atoms with E-state index < -0.39 is 79.1 Å². The number of cyclic esters (lactones) is 1. The fraction of sp³-hybridized carbons (Fsp3) is 0.688. The Labute approximate surface area is 465 Å². The van der Waals surface area contributed by atoms with Gasteiger partial charge in [0.15, 0.2) is 6.29 Å². The number of aliphatic hydroxyl groups is 5. The molecule has 5 rings (SSSR count). The molecule has 5 N–H and O–H groups in total. The summed E-state index contributed by atoms with van der Waals surface area (Å²) < 4.78 is 18.6. The Morgan fingerprint density at radius 3 is 1.62 bits per heavy atom. The van der Waals surface area contributed by atoms with Crippen LogP contribution >= 0.6 is 7.26 Å². The van der Waals surface area contributed by atoms with Crippen molar-refractivity contribution < 1.29 is 49.3 Å². The highest BCUT2D eigenvalue weighted by atomic mass is 31.2. The fourth-order valence-electron chi connectivity index (χ4n) is 13.0. The van der Waals surface area contributed by atoms with Gasteiger partial charge in [-0.2, -0.15) is 0 Å². The van der Waals surface area contributed by atoms with Crippen molar-refractivity contribution >= 4 is 35.1 Å². The van der Waals surface area contributed by atoms with E-state index in [1.807, 2.05) is 32.8 Å². The van der Waals surface area contributed by atoms with Crippen molar-refractivity contribution in [3.05, 3.63) is 88.0 Å². The van der Waals surface area contributed by atoms with Crippen molar-refractivity contribution in [1.29, 1.82) is 0 Å². The van der Waals surface area contributed by atoms with Gasteiger partial charge in [0.25, 0.3) is 0 Å². The molecule has 2 aliphatic heterocycles. The molecular weight excluding hydrogens is 988 g/mol. The summed E-state index contributed by atoms with van der Waals surface area (Å²) in [4.78, 5) is 31.8. The monoisotopic (exact) mass is 1090 g/mol. The molecule has 0 radical (unpaired) electrons. The zero-order valence-electron chi connectivity index (χ0n) is 50.1. The quantitative estimate of drug-likeness (QED) is 0.0468. The van der Waals surface area contributed by atoms with Crippen LogP contribution in [0.1, 0.15) is 166 Å². The SMILES string of the molecule is CC[C@H]1OC(=O)[C@H](C)[C@@H](O)[C@H](C)[C@@H](O[C@@H]2O[C@H](C)C[C@H](N(C)C)[C@H]2O)[C@](C)(O)C[C@@H](C)CN(C(=O)CCCCCCCCCC[P+](c2cc(C)cc(C)c2)(c2cc(C)cc(C)c2)c2cc(C)cc(C)c2)[C@H](C)[C@@H](O)[C@]1(C)O. The number of hydrogen-bond acceptors (Lipinski definition) is 11. The number of carbonyl (C=O) groups is 2. The Hall–Kier alpha value is -3.29. The van der Waals surface area contributed by atoms with E-state index in [0.717, 1.165) is 51.1 Å². The van der Waals surface area contributed by atoms with E-state index >= 15 is 0 Å². The number of rotatable bonds is 18. The molecule has 12 nitrogen and oxygen atoms in total. The van der Waals surface area contributed by atoms with Crippen LogP contribution in [0, 0.1) is 59.3 Å². The number of ether oxygens (including phenoxy) is 3. The lowest BCUT2D eigenvalue weighted by Gasteiger charge is -2.46. The van der Waals surface area contributed by atoms with Gasteiger partial charge in [0, 0.05) is 24.9 Å². The summed E-state index contributed by atoms with van der Waals surface area (Å²) in [5, 5.41) is 64.2. The lowest BCUT2D eigenvalue weighted by molar-refractivity contribution is -0.299. The standard InChI is InChI=1S/C64H102N2O10P/c1-17-55-64(14,73)59(70)50(12)66(39-46(8)38-63(13,72)60(48(10)57(68)49(11)61(71)75-55)76-62-58(69)54(65(15)16)37-47(9)74-62)56(67)26-24-22-20-18-19-21-23-25-27-77(51-31-40(2)28-41(3)32-51,52-33-42(4)29-43(5)34-52)53-35-44(6)30-45(7)36-53/h28-36,46-50,54-55,57-60,62,68-70,72-73H,17-27,37-39H2,1-16H3/q+1/t46-,47-,48+,49-,50-,54+,55-,57+,58-,59-,60-,62+,63-,64-/m1/s1. The van der Waals surface area contributed by atoms with Gasteiger partial charge in [-0.25, -0.2) is 0 Å². The summed E-state index contributed by atoms with van der Waals surface area (Å²) in [6.45, 7) is 27.0. The zero-order chi connectivity index (χ0) is 57.3. The van der Waals surface area contributed by atoms with Gasteiger partial charge in [-0.15, -0.1) is 0 Å². The Morgan fingerprint density at radius 2 is 1.17 bits per heavy atom. The third-order valence-electron chi connectivity index (χ3n) is 17.1. The molecule has 0 spiro atoms. The van der Waals surface area contributed by atoms with Crippen LogP contribution in [0.15, 0.2) is 54.6 Å². The first-order valence-corrected chi connectivity index (χ1v) is 31.1. The Balaban J connectivity index is 1.28. The number of amides is 1. The molecule has 77 heavy (non-hydrogen) atoms. The molecule has 0 unspecified atom stereocenters. The van der Waals surface area contributed by atoms with E-state index in [9.17, 15) is 35.1 Å². The smallest absolute Gasteiger partial charge is 0.311 e. The van der Waals surface area contributed by atoms with Crippen LogP contribution in [0.25, 0.3) is 0 Å². The van der Waals surface area contributed by atoms with Crippen LogP contribution in [0.5, 0.6) is 0 Å². The van der Waals surface area contributed by atoms with Gasteiger partial charge in [-0.3, -0.25) is 9.59 Å². The van der Waals surface area contributed by atoms with E-state index in [0.29, 0.717) is 12.8 Å². The summed E-state index contributed by atoms with van der Waals surface area (Å²) in [5.74, 6) is -3.34. The molecule has 13 heteroatoms. The summed E-state index contributed by atoms with van der Waals surface area (Å²) in [6, 6.07) is 20.3. The molecular formula is C64H102N2O10P+. The molecule has 2 fully saturated rings. The van der Waals surface area contributed by atoms with Crippen molar-refractivity contribution in [3.8, 4) is 0 Å². The number of benzene rings is 3. The maximum absolute atomic E-state index is 14.5. The highest BCUT2D eigenvalue weighted by Gasteiger charge is 2.51. The molecule has 0 aliphatic carbocycles. The summed E-state index contributed by atoms with van der Waals surface area (Å²) >= 11 is 0. The van der Waals surface area contributed by atoms with Crippen LogP contribution in [-0.4, -0.2) is 140 Å². The first-order valence-electron chi connectivity index (χ1n) is 29.1. The average molecular weight is 1090 g/mol. The second-order valence-electron chi connectivity index (χ2n) is 24.9. The molecule has 2 aliphatic rings. The van der Waals surface area contributed by atoms with Crippen LogP contribution in [-0.2, 0) is 23.8 Å². The Bertz CT molecular complexity index is 2200. The molecule has 3 aromatic rings. The maximum Gasteiger partial charge on any atom is 0.311 e. The van der Waals surface area contributed by atoms with E-state index in [1.54, 1.807) is 32.6 Å². The van der Waals surface area contributed by atoms with E-state index in [1.165, 1.54) is 63.1 Å². The molecule has 432 valence electrons. The zero-order valence-corrected chi connectivity index (χ0v) is 51.0. The number of unbranched alkanes of at least 4 members (excludes halogenated alkanes) is 7. The summed E-state index contributed by atoms with van der Waals surface area (Å²) in [7, 11) is 1.74. The van der Waals surface area contributed by atoms with E-state index in [2.05, 4.69) is 96.1 Å². The summed E-state index contributed by atoms with van der Waals surface area (Å²) in [5.41, 5.74) is 4.18. The number of hydrogen-bond donors (Lipinski definition) is 5. The van der Waals surface area contributed by atoms with Gasteiger partial charge < -0.3 is 49.5 Å². The molecule has 0 saturated carbocycles. The first kappa shape index (κ1) is 64.5. The second kappa shape index (κ2) is 27.9. The van der Waals surface area contributed by atoms with Gasteiger partial charge in [-0.1, -0.05) is 71.1 Å². The predicted octanol–water partition coefficient (Wildman–Crippen LogP) is 9.23. The Morgan fingerprint density at radius 1 is 0.714 bits per heavy atom. The average Bonchev–Trinajstić information content (AvgIpc) is 3.33. The molecule has 1 amide bonds. The maximum atomic E-state index is 14.5. The third kappa shape index (κ3) is 16.2. The minimum atomic E-state index is -2.01. The topological polar surface area (TPSA) is 169 Å². The van der Waals surface area contributed by atoms with Gasteiger partial charge >= 0.3 is 5.97 Å². The highest BCUT2D eigenvalue weighted by Crippen LogP contribution is 2.57. The number of esters is 1. The van der Waals surface area contributed by atoms with Crippen LogP contribution in [0.4, 0.5) is 0 Å². The minimum Gasteiger partial charge on any atom is -0.459 e. The van der Waals surface area contributed by atoms with Crippen molar-refractivity contribution in [2.24, 2.45) is 17.8 Å². The van der Waals surface area contributed by atoms with Gasteiger partial charge in [0.1, 0.15) is 47.1 Å². The fourth-order valence-corrected chi connectivity index (χ4v) is 17.9. The van der Waals surface area contributed by atoms with Crippen molar-refractivity contribution in [1.82, 2.24) is 9.80 Å². The number of nitrogens with zero attached hydrogens (tertiary/aromatic N) is 2. The number of carbonyl (C=O) groups excluding carboxylic acids is 2. The number of aliphatic hydroxyl groups excluding tert-OH is 3. The normalized spacial score (nSPS) is 31.2.